The molecule has 1 saturated heterocycles. The number of halogens is 1. The Kier molecular flexibility index (Phi) is 6.04. The van der Waals surface area contributed by atoms with Gasteiger partial charge in [0.05, 0.1) is 16.7 Å². The summed E-state index contributed by atoms with van der Waals surface area (Å²) < 4.78 is 2.21. The molecule has 42 heavy (non-hydrogen) atoms. The molecule has 1 aliphatic carbocycles. The molecule has 1 atom stereocenters. The molecule has 1 aromatic carbocycles. The van der Waals surface area contributed by atoms with Crippen LogP contribution >= 0.6 is 23.4 Å². The van der Waals surface area contributed by atoms with Crippen molar-refractivity contribution >= 4 is 52.1 Å². The number of fused-ring (bicyclic) bond motifs is 4. The third-order valence-electron chi connectivity index (χ3n) is 10.0. The number of hydrogen-bond acceptors (Lipinski definition) is 7. The van der Waals surface area contributed by atoms with Gasteiger partial charge in [0.1, 0.15) is 18.0 Å². The molecular formula is C32H34ClN7OS. The number of carbonyl (C=O) groups is 1. The molecule has 0 radical (unpaired) electrons. The van der Waals surface area contributed by atoms with E-state index in [1.165, 1.54) is 16.8 Å². The number of nitrogens with two attached hydrogens (primary N) is 1. The monoisotopic (exact) mass is 599 g/mol. The van der Waals surface area contributed by atoms with E-state index in [1.54, 1.807) is 18.7 Å². The second kappa shape index (κ2) is 9.62. The molecule has 1 fully saturated rings. The van der Waals surface area contributed by atoms with Gasteiger partial charge in [-0.3, -0.25) is 14.1 Å². The zero-order valence-electron chi connectivity index (χ0n) is 23.9. The largest absolute Gasteiger partial charge is 0.374 e. The van der Waals surface area contributed by atoms with Gasteiger partial charge in [-0.1, -0.05) is 23.4 Å². The SMILES string of the molecule is CC(=O)N1CCc2cc3c(nc21)CC1(CCN(c2ccc(Sc4cc5c(cc4Cl)CCN5C)c4cncn24)CC1)[C@@H]3N. The number of imidazole rings is 1. The number of amides is 1. The van der Waals surface area contributed by atoms with Crippen molar-refractivity contribution in [2.75, 3.05) is 47.9 Å². The van der Waals surface area contributed by atoms with Gasteiger partial charge in [-0.25, -0.2) is 9.97 Å². The lowest BCUT2D eigenvalue weighted by Crippen LogP contribution is -2.44. The Hall–Kier alpha value is -3.27. The van der Waals surface area contributed by atoms with Crippen LogP contribution in [-0.2, 0) is 24.1 Å². The fourth-order valence-electron chi connectivity index (χ4n) is 7.58. The quantitative estimate of drug-likeness (QED) is 0.343. The van der Waals surface area contributed by atoms with E-state index in [9.17, 15) is 4.79 Å². The molecule has 3 aromatic heterocycles. The summed E-state index contributed by atoms with van der Waals surface area (Å²) in [6.07, 6.45) is 8.64. The van der Waals surface area contributed by atoms with Crippen LogP contribution in [-0.4, -0.2) is 53.5 Å². The maximum atomic E-state index is 12.1. The number of benzene rings is 1. The van der Waals surface area contributed by atoms with Crippen molar-refractivity contribution in [3.05, 3.63) is 70.3 Å². The van der Waals surface area contributed by atoms with E-state index in [1.807, 2.05) is 17.4 Å². The second-order valence-electron chi connectivity index (χ2n) is 12.3. The van der Waals surface area contributed by atoms with Crippen molar-refractivity contribution in [1.29, 1.82) is 0 Å². The van der Waals surface area contributed by atoms with Crippen molar-refractivity contribution in [2.45, 2.75) is 54.9 Å². The lowest BCUT2D eigenvalue weighted by molar-refractivity contribution is -0.116. The molecular weight excluding hydrogens is 566 g/mol. The minimum Gasteiger partial charge on any atom is -0.374 e. The van der Waals surface area contributed by atoms with Crippen LogP contribution < -0.4 is 20.4 Å². The minimum atomic E-state index is -0.0259. The number of aromatic nitrogens is 3. The van der Waals surface area contributed by atoms with Crippen LogP contribution in [0.4, 0.5) is 17.3 Å². The summed E-state index contributed by atoms with van der Waals surface area (Å²) in [6, 6.07) is 11.0. The number of likely N-dealkylation sites (N-methyl/N-ethyl adjacent to an activating group) is 1. The molecule has 1 amide bonds. The number of rotatable bonds is 3. The first-order chi connectivity index (χ1) is 20.3. The summed E-state index contributed by atoms with van der Waals surface area (Å²) >= 11 is 8.44. The van der Waals surface area contributed by atoms with Gasteiger partial charge in [0.15, 0.2) is 0 Å². The predicted molar refractivity (Wildman–Crippen MR) is 168 cm³/mol. The van der Waals surface area contributed by atoms with Gasteiger partial charge >= 0.3 is 0 Å². The maximum absolute atomic E-state index is 12.1. The molecule has 1 spiro atoms. The number of anilines is 3. The van der Waals surface area contributed by atoms with Crippen LogP contribution in [0.3, 0.4) is 0 Å². The van der Waals surface area contributed by atoms with Gasteiger partial charge in [0, 0.05) is 67.4 Å². The average Bonchev–Trinajstić information content (AvgIpc) is 3.76. The Bertz CT molecular complexity index is 1760. The predicted octanol–water partition coefficient (Wildman–Crippen LogP) is 5.28. The van der Waals surface area contributed by atoms with Crippen LogP contribution in [0.15, 0.2) is 52.6 Å². The summed E-state index contributed by atoms with van der Waals surface area (Å²) in [5, 5.41) is 0.805. The Morgan fingerprint density at radius 2 is 1.88 bits per heavy atom. The van der Waals surface area contributed by atoms with Crippen molar-refractivity contribution in [1.82, 2.24) is 14.4 Å². The van der Waals surface area contributed by atoms with Crippen LogP contribution in [0.2, 0.25) is 5.02 Å². The molecule has 2 N–H and O–H groups in total. The first-order valence-corrected chi connectivity index (χ1v) is 16.0. The molecule has 0 unspecified atom stereocenters. The standard InChI is InChI=1S/C32H34ClN7OS/c1-19(41)39-10-6-21-13-22-24(36-31(21)39)16-32(30(22)34)7-11-38(12-8-32)29-4-3-27(26-17-35-18-40(26)29)42-28-15-25-20(14-23(28)33)5-9-37(25)2/h3-4,13-15,17-18,30H,5-12,16,34H2,1-2H3/t30-/m1/s1. The number of nitrogens with zero attached hydrogens (tertiary/aromatic N) is 6. The highest BCUT2D eigenvalue weighted by molar-refractivity contribution is 7.99. The smallest absolute Gasteiger partial charge is 0.225 e. The van der Waals surface area contributed by atoms with Gasteiger partial charge in [-0.05, 0) is 84.5 Å². The van der Waals surface area contributed by atoms with Crippen LogP contribution in [0.25, 0.3) is 5.52 Å². The third kappa shape index (κ3) is 3.97. The van der Waals surface area contributed by atoms with Gasteiger partial charge in [-0.2, -0.15) is 0 Å². The molecule has 6 heterocycles. The molecule has 0 bridgehead atoms. The summed E-state index contributed by atoms with van der Waals surface area (Å²) in [5.41, 5.74) is 14.1. The summed E-state index contributed by atoms with van der Waals surface area (Å²) in [7, 11) is 2.14. The number of piperidine rings is 1. The second-order valence-corrected chi connectivity index (χ2v) is 13.8. The van der Waals surface area contributed by atoms with E-state index in [0.29, 0.717) is 6.54 Å². The molecule has 4 aliphatic rings. The van der Waals surface area contributed by atoms with E-state index in [4.69, 9.17) is 22.3 Å². The van der Waals surface area contributed by atoms with E-state index >= 15 is 0 Å². The number of carbonyl (C=O) groups excluding carboxylic acids is 1. The summed E-state index contributed by atoms with van der Waals surface area (Å²) in [5.74, 6) is 2.06. The normalized spacial score (nSPS) is 20.5. The molecule has 3 aliphatic heterocycles. The molecule has 4 aromatic rings. The van der Waals surface area contributed by atoms with Crippen molar-refractivity contribution in [3.63, 3.8) is 0 Å². The van der Waals surface area contributed by atoms with Gasteiger partial charge in [0.25, 0.3) is 0 Å². The van der Waals surface area contributed by atoms with E-state index in [0.717, 1.165) is 95.0 Å². The highest BCUT2D eigenvalue weighted by Crippen LogP contribution is 2.52. The lowest BCUT2D eigenvalue weighted by atomic mass is 9.73. The summed E-state index contributed by atoms with van der Waals surface area (Å²) in [6.45, 7) is 5.21. The Balaban J connectivity index is 1.03. The molecule has 10 heteroatoms. The number of pyridine rings is 2. The zero-order chi connectivity index (χ0) is 28.7. The fourth-order valence-corrected chi connectivity index (χ4v) is 8.84. The van der Waals surface area contributed by atoms with Crippen LogP contribution in [0.1, 0.15) is 48.2 Å². The Morgan fingerprint density at radius 3 is 2.69 bits per heavy atom. The zero-order valence-corrected chi connectivity index (χ0v) is 25.5. The number of hydrogen-bond donors (Lipinski definition) is 1. The molecule has 216 valence electrons. The minimum absolute atomic E-state index is 0.00328. The summed E-state index contributed by atoms with van der Waals surface area (Å²) in [4.78, 5) is 30.5. The Morgan fingerprint density at radius 1 is 1.07 bits per heavy atom. The van der Waals surface area contributed by atoms with Crippen LogP contribution in [0, 0.1) is 5.41 Å². The first-order valence-electron chi connectivity index (χ1n) is 14.8. The van der Waals surface area contributed by atoms with Gasteiger partial charge in [-0.15, -0.1) is 0 Å². The highest BCUT2D eigenvalue weighted by atomic mass is 35.5. The maximum Gasteiger partial charge on any atom is 0.225 e. The van der Waals surface area contributed by atoms with Crippen molar-refractivity contribution in [3.8, 4) is 0 Å². The highest BCUT2D eigenvalue weighted by Gasteiger charge is 2.47. The molecule has 0 saturated carbocycles. The first kappa shape index (κ1) is 26.4. The average molecular weight is 600 g/mol. The third-order valence-corrected chi connectivity index (χ3v) is 11.6. The van der Waals surface area contributed by atoms with E-state index in [2.05, 4.69) is 56.6 Å². The Labute approximate surface area is 254 Å². The molecule has 8 rings (SSSR count). The molecule has 8 nitrogen and oxygen atoms in total. The van der Waals surface area contributed by atoms with E-state index in [-0.39, 0.29) is 17.4 Å². The van der Waals surface area contributed by atoms with Gasteiger partial charge in [0.2, 0.25) is 5.91 Å². The van der Waals surface area contributed by atoms with Crippen molar-refractivity contribution < 1.29 is 4.79 Å². The van der Waals surface area contributed by atoms with E-state index < -0.39 is 0 Å². The fraction of sp³-hybridized carbons (Fsp3) is 0.406. The van der Waals surface area contributed by atoms with Crippen molar-refractivity contribution in [2.24, 2.45) is 11.1 Å². The van der Waals surface area contributed by atoms with Gasteiger partial charge < -0.3 is 15.5 Å². The topological polar surface area (TPSA) is 83.0 Å². The lowest BCUT2D eigenvalue weighted by Gasteiger charge is -2.43. The van der Waals surface area contributed by atoms with Crippen LogP contribution in [0.5, 0.6) is 0 Å².